The highest BCUT2D eigenvalue weighted by molar-refractivity contribution is 5.89. The Hall–Kier alpha value is -2.90. The van der Waals surface area contributed by atoms with E-state index >= 15 is 0 Å². The van der Waals surface area contributed by atoms with Crippen molar-refractivity contribution in [3.8, 4) is 0 Å². The highest BCUT2D eigenvalue weighted by atomic mass is 16.5. The Labute approximate surface area is 121 Å². The van der Waals surface area contributed by atoms with Crippen LogP contribution in [0.1, 0.15) is 10.5 Å². The van der Waals surface area contributed by atoms with Crippen molar-refractivity contribution in [3.05, 3.63) is 42.2 Å². The summed E-state index contributed by atoms with van der Waals surface area (Å²) < 4.78 is 5.98. The molecule has 0 saturated heterocycles. The van der Waals surface area contributed by atoms with Crippen molar-refractivity contribution in [1.82, 2.24) is 20.3 Å². The fourth-order valence-electron chi connectivity index (χ4n) is 1.59. The van der Waals surface area contributed by atoms with E-state index in [-0.39, 0.29) is 11.7 Å². The van der Waals surface area contributed by atoms with E-state index < -0.39 is 5.97 Å². The van der Waals surface area contributed by atoms with Crippen molar-refractivity contribution in [2.24, 2.45) is 0 Å². The minimum atomic E-state index is -0.545. The molecule has 1 heterocycles. The van der Waals surface area contributed by atoms with Crippen LogP contribution in [0.15, 0.2) is 36.5 Å². The van der Waals surface area contributed by atoms with Gasteiger partial charge in [-0.05, 0) is 12.1 Å². The number of nitrogens with zero attached hydrogens (tertiary/aromatic N) is 3. The van der Waals surface area contributed by atoms with Crippen molar-refractivity contribution < 1.29 is 14.3 Å². The summed E-state index contributed by atoms with van der Waals surface area (Å²) in [7, 11) is 1.27. The number of anilines is 1. The Morgan fingerprint density at radius 3 is 2.76 bits per heavy atom. The second-order valence-corrected chi connectivity index (χ2v) is 4.11. The summed E-state index contributed by atoms with van der Waals surface area (Å²) in [5, 5.41) is 12.8. The minimum Gasteiger partial charge on any atom is -0.464 e. The van der Waals surface area contributed by atoms with Crippen molar-refractivity contribution in [2.75, 3.05) is 19.0 Å². The number of amides is 2. The lowest BCUT2D eigenvalue weighted by Gasteiger charge is -2.07. The first kappa shape index (κ1) is 14.5. The summed E-state index contributed by atoms with van der Waals surface area (Å²) in [4.78, 5) is 22.8. The molecular weight excluding hydrogens is 274 g/mol. The third kappa shape index (κ3) is 4.30. The van der Waals surface area contributed by atoms with E-state index in [2.05, 4.69) is 25.7 Å². The maximum atomic E-state index is 11.6. The smallest absolute Gasteiger partial charge is 0.360 e. The maximum Gasteiger partial charge on any atom is 0.360 e. The molecule has 0 bridgehead atoms. The topological polar surface area (TPSA) is 98.1 Å². The van der Waals surface area contributed by atoms with Gasteiger partial charge in [0.1, 0.15) is 0 Å². The number of hydrogen-bond donors (Lipinski definition) is 2. The van der Waals surface area contributed by atoms with E-state index in [9.17, 15) is 9.59 Å². The number of esters is 1. The quantitative estimate of drug-likeness (QED) is 0.796. The maximum absolute atomic E-state index is 11.6. The largest absolute Gasteiger partial charge is 0.464 e. The standard InChI is InChI=1S/C13H15N5O3/c1-21-12(19)11-9-18(17-16-11)8-7-14-13(20)15-10-5-3-2-4-6-10/h2-6,9H,7-8H2,1H3,(H2,14,15,20). The Bertz CT molecular complexity index is 611. The van der Waals surface area contributed by atoms with Crippen LogP contribution in [0.3, 0.4) is 0 Å². The monoisotopic (exact) mass is 289 g/mol. The summed E-state index contributed by atoms with van der Waals surface area (Å²) in [6.07, 6.45) is 1.46. The van der Waals surface area contributed by atoms with Crippen molar-refractivity contribution >= 4 is 17.7 Å². The Balaban J connectivity index is 1.75. The first-order chi connectivity index (χ1) is 10.2. The number of para-hydroxylation sites is 1. The molecule has 8 heteroatoms. The lowest BCUT2D eigenvalue weighted by molar-refractivity contribution is 0.0594. The molecular formula is C13H15N5O3. The van der Waals surface area contributed by atoms with Gasteiger partial charge in [-0.1, -0.05) is 23.4 Å². The summed E-state index contributed by atoms with van der Waals surface area (Å²) >= 11 is 0. The second-order valence-electron chi connectivity index (χ2n) is 4.11. The summed E-state index contributed by atoms with van der Waals surface area (Å²) in [5.41, 5.74) is 0.843. The molecule has 1 aromatic carbocycles. The molecule has 0 aliphatic heterocycles. The van der Waals surface area contributed by atoms with Crippen LogP contribution in [0.25, 0.3) is 0 Å². The minimum absolute atomic E-state index is 0.131. The van der Waals surface area contributed by atoms with Crippen molar-refractivity contribution in [2.45, 2.75) is 6.54 Å². The first-order valence-corrected chi connectivity index (χ1v) is 6.27. The molecule has 0 unspecified atom stereocenters. The number of carbonyl (C=O) groups excluding carboxylic acids is 2. The fourth-order valence-corrected chi connectivity index (χ4v) is 1.59. The van der Waals surface area contributed by atoms with E-state index in [0.717, 1.165) is 0 Å². The predicted molar refractivity (Wildman–Crippen MR) is 74.8 cm³/mol. The second kappa shape index (κ2) is 7.04. The third-order valence-corrected chi connectivity index (χ3v) is 2.59. The average molecular weight is 289 g/mol. The number of ether oxygens (including phenoxy) is 1. The molecule has 0 aliphatic rings. The summed E-state index contributed by atoms with van der Waals surface area (Å²) in [5.74, 6) is -0.545. The summed E-state index contributed by atoms with van der Waals surface area (Å²) in [6, 6.07) is 8.81. The van der Waals surface area contributed by atoms with Gasteiger partial charge in [0.25, 0.3) is 0 Å². The zero-order valence-corrected chi connectivity index (χ0v) is 11.4. The summed E-state index contributed by atoms with van der Waals surface area (Å²) in [6.45, 7) is 0.745. The predicted octanol–water partition coefficient (Wildman–Crippen LogP) is 0.886. The van der Waals surface area contributed by atoms with Crippen LogP contribution in [0.4, 0.5) is 10.5 Å². The molecule has 8 nitrogen and oxygen atoms in total. The van der Waals surface area contributed by atoms with Crippen molar-refractivity contribution in [1.29, 1.82) is 0 Å². The zero-order chi connectivity index (χ0) is 15.1. The molecule has 110 valence electrons. The molecule has 0 radical (unpaired) electrons. The number of nitrogens with one attached hydrogen (secondary N) is 2. The SMILES string of the molecule is COC(=O)c1cn(CCNC(=O)Nc2ccccc2)nn1. The zero-order valence-electron chi connectivity index (χ0n) is 11.4. The van der Waals surface area contributed by atoms with Gasteiger partial charge in [-0.25, -0.2) is 14.3 Å². The lowest BCUT2D eigenvalue weighted by atomic mass is 10.3. The van der Waals surface area contributed by atoms with Gasteiger partial charge in [0, 0.05) is 12.2 Å². The van der Waals surface area contributed by atoms with Crippen LogP contribution >= 0.6 is 0 Å². The average Bonchev–Trinajstić information content (AvgIpc) is 2.96. The number of aromatic nitrogens is 3. The van der Waals surface area contributed by atoms with Gasteiger partial charge in [-0.3, -0.25) is 0 Å². The van der Waals surface area contributed by atoms with Crippen LogP contribution in [-0.2, 0) is 11.3 Å². The number of hydrogen-bond acceptors (Lipinski definition) is 5. The first-order valence-electron chi connectivity index (χ1n) is 6.27. The van der Waals surface area contributed by atoms with E-state index in [4.69, 9.17) is 0 Å². The highest BCUT2D eigenvalue weighted by Gasteiger charge is 2.10. The lowest BCUT2D eigenvalue weighted by Crippen LogP contribution is -2.31. The third-order valence-electron chi connectivity index (χ3n) is 2.59. The van der Waals surface area contributed by atoms with Crippen LogP contribution in [0.5, 0.6) is 0 Å². The molecule has 21 heavy (non-hydrogen) atoms. The van der Waals surface area contributed by atoms with E-state index in [0.29, 0.717) is 18.8 Å². The van der Waals surface area contributed by atoms with Gasteiger partial charge in [0.15, 0.2) is 5.69 Å². The van der Waals surface area contributed by atoms with Gasteiger partial charge < -0.3 is 15.4 Å². The van der Waals surface area contributed by atoms with E-state index in [1.807, 2.05) is 18.2 Å². The number of carbonyl (C=O) groups is 2. The van der Waals surface area contributed by atoms with E-state index in [1.165, 1.54) is 18.0 Å². The van der Waals surface area contributed by atoms with Gasteiger partial charge >= 0.3 is 12.0 Å². The molecule has 2 aromatic rings. The van der Waals surface area contributed by atoms with Crippen LogP contribution < -0.4 is 10.6 Å². The van der Waals surface area contributed by atoms with Gasteiger partial charge in [-0.2, -0.15) is 0 Å². The molecule has 2 rings (SSSR count). The van der Waals surface area contributed by atoms with Gasteiger partial charge in [-0.15, -0.1) is 5.10 Å². The molecule has 1 aromatic heterocycles. The highest BCUT2D eigenvalue weighted by Crippen LogP contribution is 2.03. The van der Waals surface area contributed by atoms with Crippen LogP contribution in [0.2, 0.25) is 0 Å². The Kier molecular flexibility index (Phi) is 4.86. The molecule has 2 amide bonds. The van der Waals surface area contributed by atoms with Crippen LogP contribution in [-0.4, -0.2) is 40.6 Å². The molecule has 0 atom stereocenters. The number of methoxy groups -OCH3 is 1. The van der Waals surface area contributed by atoms with Crippen molar-refractivity contribution in [3.63, 3.8) is 0 Å². The molecule has 0 saturated carbocycles. The fraction of sp³-hybridized carbons (Fsp3) is 0.231. The normalized spacial score (nSPS) is 9.95. The number of benzene rings is 1. The molecule has 0 spiro atoms. The Morgan fingerprint density at radius 2 is 2.05 bits per heavy atom. The van der Waals surface area contributed by atoms with E-state index in [1.54, 1.807) is 12.1 Å². The van der Waals surface area contributed by atoms with Gasteiger partial charge in [0.2, 0.25) is 0 Å². The number of rotatable bonds is 5. The molecule has 0 fully saturated rings. The van der Waals surface area contributed by atoms with Crippen LogP contribution in [0, 0.1) is 0 Å². The molecule has 0 aliphatic carbocycles. The Morgan fingerprint density at radius 1 is 1.29 bits per heavy atom. The molecule has 2 N–H and O–H groups in total. The number of urea groups is 1. The van der Waals surface area contributed by atoms with Gasteiger partial charge in [0.05, 0.1) is 19.9 Å².